The van der Waals surface area contributed by atoms with Gasteiger partial charge in [-0.1, -0.05) is 50.3 Å². The molecule has 4 N–H and O–H groups in total. The van der Waals surface area contributed by atoms with Crippen LogP contribution in [0.15, 0.2) is 42.5 Å². The van der Waals surface area contributed by atoms with Gasteiger partial charge in [-0.3, -0.25) is 20.3 Å². The van der Waals surface area contributed by atoms with Crippen LogP contribution < -0.4 is 30.2 Å². The van der Waals surface area contributed by atoms with E-state index in [1.54, 1.807) is 32.4 Å². The lowest BCUT2D eigenvalue weighted by Crippen LogP contribution is -2.52. The number of carbonyl (C=O) groups excluding carboxylic acids is 2. The van der Waals surface area contributed by atoms with Crippen molar-refractivity contribution in [3.63, 3.8) is 0 Å². The van der Waals surface area contributed by atoms with Gasteiger partial charge in [-0.15, -0.1) is 0 Å². The Bertz CT molecular complexity index is 1100. The van der Waals surface area contributed by atoms with Crippen LogP contribution in [0.25, 0.3) is 0 Å². The SMILES string of the molecule is COc1cccc([C@@H](C)NC(=O)[C@@H](CC2CCCCC2)NC(=N)NC(=O)Cc2ccc(OC)c(OC)c2)c1. The van der Waals surface area contributed by atoms with E-state index >= 15 is 0 Å². The van der Waals surface area contributed by atoms with Gasteiger partial charge >= 0.3 is 0 Å². The summed E-state index contributed by atoms with van der Waals surface area (Å²) in [6.07, 6.45) is 6.31. The minimum Gasteiger partial charge on any atom is -0.497 e. The second kappa shape index (κ2) is 14.3. The summed E-state index contributed by atoms with van der Waals surface area (Å²) < 4.78 is 15.9. The van der Waals surface area contributed by atoms with Crippen LogP contribution >= 0.6 is 0 Å². The fourth-order valence-electron chi connectivity index (χ4n) is 4.87. The van der Waals surface area contributed by atoms with Crippen molar-refractivity contribution in [1.29, 1.82) is 5.41 Å². The van der Waals surface area contributed by atoms with Crippen molar-refractivity contribution in [1.82, 2.24) is 16.0 Å². The topological polar surface area (TPSA) is 122 Å². The Hall–Kier alpha value is -3.75. The summed E-state index contributed by atoms with van der Waals surface area (Å²) in [5, 5.41) is 17.0. The van der Waals surface area contributed by atoms with Gasteiger partial charge in [0.2, 0.25) is 11.8 Å². The van der Waals surface area contributed by atoms with E-state index in [-0.39, 0.29) is 30.2 Å². The minimum absolute atomic E-state index is 0.0524. The summed E-state index contributed by atoms with van der Waals surface area (Å²) in [4.78, 5) is 26.0. The highest BCUT2D eigenvalue weighted by Gasteiger charge is 2.27. The van der Waals surface area contributed by atoms with Crippen molar-refractivity contribution in [2.75, 3.05) is 21.3 Å². The van der Waals surface area contributed by atoms with Gasteiger partial charge in [-0.2, -0.15) is 0 Å². The van der Waals surface area contributed by atoms with Crippen molar-refractivity contribution < 1.29 is 23.8 Å². The maximum absolute atomic E-state index is 13.4. The molecule has 3 rings (SSSR count). The molecule has 2 aromatic rings. The van der Waals surface area contributed by atoms with E-state index in [1.165, 1.54) is 13.5 Å². The highest BCUT2D eigenvalue weighted by Crippen LogP contribution is 2.29. The molecule has 0 aliphatic heterocycles. The van der Waals surface area contributed by atoms with E-state index in [2.05, 4.69) is 16.0 Å². The molecule has 9 nitrogen and oxygen atoms in total. The number of guanidine groups is 1. The van der Waals surface area contributed by atoms with Crippen LogP contribution in [0.3, 0.4) is 0 Å². The van der Waals surface area contributed by atoms with E-state index in [0.717, 1.165) is 42.6 Å². The van der Waals surface area contributed by atoms with Crippen LogP contribution in [-0.2, 0) is 16.0 Å². The van der Waals surface area contributed by atoms with Crippen LogP contribution in [-0.4, -0.2) is 45.1 Å². The molecule has 0 spiro atoms. The first kappa shape index (κ1) is 28.8. The summed E-state index contributed by atoms with van der Waals surface area (Å²) in [6, 6.07) is 11.9. The van der Waals surface area contributed by atoms with Gasteiger partial charge in [0.05, 0.1) is 33.8 Å². The third-order valence-corrected chi connectivity index (χ3v) is 6.96. The number of hydrogen-bond acceptors (Lipinski definition) is 6. The number of nitrogens with one attached hydrogen (secondary N) is 4. The number of hydrogen-bond donors (Lipinski definition) is 4. The molecule has 0 unspecified atom stereocenters. The van der Waals surface area contributed by atoms with Crippen molar-refractivity contribution >= 4 is 17.8 Å². The second-order valence-corrected chi connectivity index (χ2v) is 9.73. The van der Waals surface area contributed by atoms with Gasteiger partial charge in [0.25, 0.3) is 0 Å². The van der Waals surface area contributed by atoms with E-state index < -0.39 is 6.04 Å². The molecule has 0 bridgehead atoms. The van der Waals surface area contributed by atoms with Crippen molar-refractivity contribution in [2.24, 2.45) is 5.92 Å². The molecule has 0 radical (unpaired) electrons. The Balaban J connectivity index is 1.63. The Labute approximate surface area is 225 Å². The van der Waals surface area contributed by atoms with Gasteiger partial charge in [0.15, 0.2) is 17.5 Å². The van der Waals surface area contributed by atoms with Crippen LogP contribution in [0.5, 0.6) is 17.2 Å². The molecule has 206 valence electrons. The van der Waals surface area contributed by atoms with Gasteiger partial charge in [0.1, 0.15) is 11.8 Å². The lowest BCUT2D eigenvalue weighted by molar-refractivity contribution is -0.124. The van der Waals surface area contributed by atoms with Crippen LogP contribution in [0.2, 0.25) is 0 Å². The predicted molar refractivity (Wildman–Crippen MR) is 147 cm³/mol. The normalized spacial score (nSPS) is 15.1. The van der Waals surface area contributed by atoms with Crippen molar-refractivity contribution in [3.8, 4) is 17.2 Å². The molecule has 9 heteroatoms. The van der Waals surface area contributed by atoms with Crippen LogP contribution in [0, 0.1) is 11.3 Å². The molecule has 2 atom stereocenters. The summed E-state index contributed by atoms with van der Waals surface area (Å²) in [5.41, 5.74) is 1.64. The zero-order valence-corrected chi connectivity index (χ0v) is 22.8. The van der Waals surface area contributed by atoms with E-state index in [9.17, 15) is 9.59 Å². The Kier molecular flexibility index (Phi) is 10.8. The minimum atomic E-state index is -0.639. The lowest BCUT2D eigenvalue weighted by atomic mass is 9.84. The number of amides is 2. The van der Waals surface area contributed by atoms with Crippen LogP contribution in [0.4, 0.5) is 0 Å². The molecular weight excluding hydrogens is 484 g/mol. The quantitative estimate of drug-likeness (QED) is 0.259. The van der Waals surface area contributed by atoms with Gasteiger partial charge in [0, 0.05) is 0 Å². The molecule has 1 aliphatic rings. The molecule has 38 heavy (non-hydrogen) atoms. The summed E-state index contributed by atoms with van der Waals surface area (Å²) in [7, 11) is 4.69. The standard InChI is InChI=1S/C29H40N4O5/c1-19(22-11-8-12-23(18-22)36-2)31-28(35)24(15-20-9-6-5-7-10-20)32-29(30)33-27(34)17-21-13-14-25(37-3)26(16-21)38-4/h8,11-14,16,18-20,24H,5-7,9-10,15,17H2,1-4H3,(H,31,35)(H3,30,32,33,34)/t19-,24-/m1/s1. The molecule has 2 amide bonds. The first-order valence-corrected chi connectivity index (χ1v) is 13.1. The average Bonchev–Trinajstić information content (AvgIpc) is 2.92. The monoisotopic (exact) mass is 524 g/mol. The summed E-state index contributed by atoms with van der Waals surface area (Å²) in [5.74, 6) is 1.46. The van der Waals surface area contributed by atoms with Gasteiger partial charge in [-0.25, -0.2) is 0 Å². The average molecular weight is 525 g/mol. The maximum Gasteiger partial charge on any atom is 0.243 e. The van der Waals surface area contributed by atoms with E-state index in [4.69, 9.17) is 19.6 Å². The zero-order chi connectivity index (χ0) is 27.5. The molecule has 1 saturated carbocycles. The fourth-order valence-corrected chi connectivity index (χ4v) is 4.87. The molecule has 0 aromatic heterocycles. The number of rotatable bonds is 11. The second-order valence-electron chi connectivity index (χ2n) is 9.73. The Morgan fingerprint density at radius 1 is 0.947 bits per heavy atom. The molecule has 1 aliphatic carbocycles. The molecule has 0 saturated heterocycles. The molecular formula is C29H40N4O5. The van der Waals surface area contributed by atoms with Gasteiger partial charge in [-0.05, 0) is 54.7 Å². The van der Waals surface area contributed by atoms with Gasteiger partial charge < -0.3 is 24.8 Å². The maximum atomic E-state index is 13.4. The fraction of sp³-hybridized carbons (Fsp3) is 0.483. The van der Waals surface area contributed by atoms with E-state index in [1.807, 2.05) is 31.2 Å². The Morgan fingerprint density at radius 3 is 2.37 bits per heavy atom. The third kappa shape index (κ3) is 8.39. The largest absolute Gasteiger partial charge is 0.497 e. The highest BCUT2D eigenvalue weighted by molar-refractivity contribution is 5.98. The first-order valence-electron chi connectivity index (χ1n) is 13.1. The zero-order valence-electron chi connectivity index (χ0n) is 22.8. The number of ether oxygens (including phenoxy) is 3. The van der Waals surface area contributed by atoms with Crippen molar-refractivity contribution in [3.05, 3.63) is 53.6 Å². The summed E-state index contributed by atoms with van der Waals surface area (Å²) >= 11 is 0. The van der Waals surface area contributed by atoms with Crippen molar-refractivity contribution in [2.45, 2.75) is 64.0 Å². The predicted octanol–water partition coefficient (Wildman–Crippen LogP) is 4.11. The summed E-state index contributed by atoms with van der Waals surface area (Å²) in [6.45, 7) is 1.92. The molecule has 0 heterocycles. The van der Waals surface area contributed by atoms with Crippen LogP contribution in [0.1, 0.15) is 62.6 Å². The number of benzene rings is 2. The smallest absolute Gasteiger partial charge is 0.243 e. The number of methoxy groups -OCH3 is 3. The first-order chi connectivity index (χ1) is 18.3. The molecule has 2 aromatic carbocycles. The third-order valence-electron chi connectivity index (χ3n) is 6.96. The highest BCUT2D eigenvalue weighted by atomic mass is 16.5. The molecule has 1 fully saturated rings. The van der Waals surface area contributed by atoms with E-state index in [0.29, 0.717) is 23.8 Å². The lowest BCUT2D eigenvalue weighted by Gasteiger charge is -2.28. The Morgan fingerprint density at radius 2 is 1.68 bits per heavy atom. The number of carbonyl (C=O) groups is 2.